The second-order valence-corrected chi connectivity index (χ2v) is 4.00. The van der Waals surface area contributed by atoms with Crippen LogP contribution in [0.3, 0.4) is 0 Å². The summed E-state index contributed by atoms with van der Waals surface area (Å²) in [5.74, 6) is -1.18. The van der Waals surface area contributed by atoms with E-state index in [2.05, 4.69) is 10.6 Å². The normalized spacial score (nSPS) is 17.9. The zero-order valence-electron chi connectivity index (χ0n) is 10.4. The van der Waals surface area contributed by atoms with E-state index in [0.717, 1.165) is 12.8 Å². The Morgan fingerprint density at radius 3 is 2.72 bits per heavy atom. The number of rotatable bonds is 4. The van der Waals surface area contributed by atoms with Gasteiger partial charge in [0.25, 0.3) is 5.91 Å². The molecule has 1 aliphatic rings. The van der Waals surface area contributed by atoms with Gasteiger partial charge in [-0.15, -0.1) is 0 Å². The Labute approximate surface area is 106 Å². The smallest absolute Gasteiger partial charge is 0.321 e. The van der Waals surface area contributed by atoms with E-state index in [9.17, 15) is 14.4 Å². The first-order valence-electron chi connectivity index (χ1n) is 6.02. The molecule has 2 N–H and O–H groups in total. The van der Waals surface area contributed by atoms with Gasteiger partial charge in [-0.25, -0.2) is 4.79 Å². The number of carbonyl (C=O) groups excluding carboxylic acids is 3. The van der Waals surface area contributed by atoms with Gasteiger partial charge in [0.05, 0.1) is 5.92 Å². The SMILES string of the molecule is CCNC(=O)NC(=O)COC(=O)[C@H]1CC=CCC1. The van der Waals surface area contributed by atoms with Crippen molar-refractivity contribution in [1.82, 2.24) is 10.6 Å². The number of allylic oxidation sites excluding steroid dienone is 2. The first-order valence-corrected chi connectivity index (χ1v) is 6.02. The van der Waals surface area contributed by atoms with Crippen LogP contribution in [-0.2, 0) is 14.3 Å². The Hall–Kier alpha value is -1.85. The van der Waals surface area contributed by atoms with E-state index >= 15 is 0 Å². The molecule has 1 atom stereocenters. The molecule has 0 bridgehead atoms. The molecule has 3 amide bonds. The lowest BCUT2D eigenvalue weighted by atomic mass is 9.95. The number of imide groups is 1. The maximum absolute atomic E-state index is 11.6. The quantitative estimate of drug-likeness (QED) is 0.572. The van der Waals surface area contributed by atoms with E-state index in [1.165, 1.54) is 0 Å². The minimum absolute atomic E-state index is 0.174. The molecule has 100 valence electrons. The second-order valence-electron chi connectivity index (χ2n) is 4.00. The summed E-state index contributed by atoms with van der Waals surface area (Å²) in [5.41, 5.74) is 0. The van der Waals surface area contributed by atoms with E-state index in [-0.39, 0.29) is 11.9 Å². The molecule has 1 rings (SSSR count). The highest BCUT2D eigenvalue weighted by molar-refractivity contribution is 5.95. The molecular weight excluding hydrogens is 236 g/mol. The first-order chi connectivity index (χ1) is 8.63. The standard InChI is InChI=1S/C12H18N2O4/c1-2-13-12(17)14-10(15)8-18-11(16)9-6-4-3-5-7-9/h3-4,9H,2,5-8H2,1H3,(H2,13,14,15,17)/t9-/m0/s1. The van der Waals surface area contributed by atoms with Gasteiger partial charge >= 0.3 is 12.0 Å². The summed E-state index contributed by atoms with van der Waals surface area (Å²) in [4.78, 5) is 33.8. The number of hydrogen-bond donors (Lipinski definition) is 2. The summed E-state index contributed by atoms with van der Waals surface area (Å²) < 4.78 is 4.86. The zero-order chi connectivity index (χ0) is 13.4. The van der Waals surface area contributed by atoms with Gasteiger partial charge in [-0.2, -0.15) is 0 Å². The third-order valence-corrected chi connectivity index (χ3v) is 2.54. The average Bonchev–Trinajstić information content (AvgIpc) is 2.37. The van der Waals surface area contributed by atoms with Gasteiger partial charge in [0.15, 0.2) is 6.61 Å². The topological polar surface area (TPSA) is 84.5 Å². The predicted molar refractivity (Wildman–Crippen MR) is 64.7 cm³/mol. The molecule has 0 aromatic heterocycles. The van der Waals surface area contributed by atoms with Crippen LogP contribution in [0.4, 0.5) is 4.79 Å². The largest absolute Gasteiger partial charge is 0.455 e. The van der Waals surface area contributed by atoms with Crippen molar-refractivity contribution >= 4 is 17.9 Å². The molecule has 0 heterocycles. The highest BCUT2D eigenvalue weighted by atomic mass is 16.5. The van der Waals surface area contributed by atoms with Crippen molar-refractivity contribution in [1.29, 1.82) is 0 Å². The van der Waals surface area contributed by atoms with Crippen molar-refractivity contribution in [3.05, 3.63) is 12.2 Å². The lowest BCUT2D eigenvalue weighted by Gasteiger charge is -2.16. The number of urea groups is 1. The molecule has 0 saturated heterocycles. The highest BCUT2D eigenvalue weighted by Crippen LogP contribution is 2.19. The van der Waals surface area contributed by atoms with Crippen molar-refractivity contribution in [2.75, 3.05) is 13.2 Å². The summed E-state index contributed by atoms with van der Waals surface area (Å²) in [7, 11) is 0. The lowest BCUT2D eigenvalue weighted by Crippen LogP contribution is -2.41. The highest BCUT2D eigenvalue weighted by Gasteiger charge is 2.21. The van der Waals surface area contributed by atoms with Gasteiger partial charge in [0.1, 0.15) is 0 Å². The molecule has 6 nitrogen and oxygen atoms in total. The summed E-state index contributed by atoms with van der Waals surface area (Å²) in [5, 5.41) is 4.47. The number of nitrogens with one attached hydrogen (secondary N) is 2. The van der Waals surface area contributed by atoms with Gasteiger partial charge in [0, 0.05) is 6.54 Å². The van der Waals surface area contributed by atoms with Crippen LogP contribution in [0.25, 0.3) is 0 Å². The second kappa shape index (κ2) is 7.47. The van der Waals surface area contributed by atoms with Crippen molar-refractivity contribution in [2.45, 2.75) is 26.2 Å². The van der Waals surface area contributed by atoms with Crippen molar-refractivity contribution in [2.24, 2.45) is 5.92 Å². The van der Waals surface area contributed by atoms with Crippen molar-refractivity contribution < 1.29 is 19.1 Å². The Kier molecular flexibility index (Phi) is 5.90. The number of carbonyl (C=O) groups is 3. The molecule has 18 heavy (non-hydrogen) atoms. The Morgan fingerprint density at radius 2 is 2.11 bits per heavy atom. The maximum atomic E-state index is 11.6. The molecule has 0 saturated carbocycles. The Balaban J connectivity index is 2.23. The molecule has 0 unspecified atom stereocenters. The van der Waals surface area contributed by atoms with Crippen LogP contribution in [-0.4, -0.2) is 31.1 Å². The van der Waals surface area contributed by atoms with E-state index in [1.807, 2.05) is 12.2 Å². The van der Waals surface area contributed by atoms with Gasteiger partial charge in [-0.05, 0) is 26.2 Å². The molecule has 0 radical (unpaired) electrons. The van der Waals surface area contributed by atoms with Crippen LogP contribution in [0.1, 0.15) is 26.2 Å². The monoisotopic (exact) mass is 254 g/mol. The van der Waals surface area contributed by atoms with Crippen molar-refractivity contribution in [3.63, 3.8) is 0 Å². The number of amides is 3. The first kappa shape index (κ1) is 14.2. The minimum atomic E-state index is -0.624. The van der Waals surface area contributed by atoms with Crippen LogP contribution in [0.5, 0.6) is 0 Å². The lowest BCUT2D eigenvalue weighted by molar-refractivity contribution is -0.152. The summed E-state index contributed by atoms with van der Waals surface area (Å²) in [6, 6.07) is -0.584. The zero-order valence-corrected chi connectivity index (χ0v) is 10.4. The van der Waals surface area contributed by atoms with E-state index in [4.69, 9.17) is 4.74 Å². The van der Waals surface area contributed by atoms with Gasteiger partial charge in [-0.1, -0.05) is 12.2 Å². The third-order valence-electron chi connectivity index (χ3n) is 2.54. The molecule has 0 aliphatic heterocycles. The van der Waals surface area contributed by atoms with Crippen LogP contribution >= 0.6 is 0 Å². The fourth-order valence-electron chi connectivity index (χ4n) is 1.63. The van der Waals surface area contributed by atoms with E-state index < -0.39 is 18.5 Å². The van der Waals surface area contributed by atoms with Gasteiger partial charge in [-0.3, -0.25) is 14.9 Å². The molecular formula is C12H18N2O4. The number of hydrogen-bond acceptors (Lipinski definition) is 4. The van der Waals surface area contributed by atoms with Crippen LogP contribution in [0.2, 0.25) is 0 Å². The van der Waals surface area contributed by atoms with E-state index in [0.29, 0.717) is 13.0 Å². The number of ether oxygens (including phenoxy) is 1. The van der Waals surface area contributed by atoms with E-state index in [1.54, 1.807) is 6.92 Å². The number of esters is 1. The summed E-state index contributed by atoms with van der Waals surface area (Å²) in [6.07, 6.45) is 6.20. The van der Waals surface area contributed by atoms with Crippen molar-refractivity contribution in [3.8, 4) is 0 Å². The average molecular weight is 254 g/mol. The minimum Gasteiger partial charge on any atom is -0.455 e. The third kappa shape index (κ3) is 4.99. The summed E-state index contributed by atoms with van der Waals surface area (Å²) >= 11 is 0. The molecule has 0 aromatic carbocycles. The maximum Gasteiger partial charge on any atom is 0.321 e. The summed E-state index contributed by atoms with van der Waals surface area (Å²) in [6.45, 7) is 1.74. The van der Waals surface area contributed by atoms with Crippen LogP contribution in [0.15, 0.2) is 12.2 Å². The van der Waals surface area contributed by atoms with Gasteiger partial charge in [0.2, 0.25) is 0 Å². The Bertz CT molecular complexity index is 352. The van der Waals surface area contributed by atoms with Crippen LogP contribution < -0.4 is 10.6 Å². The molecule has 0 fully saturated rings. The van der Waals surface area contributed by atoms with Crippen LogP contribution in [0, 0.1) is 5.92 Å². The molecule has 1 aliphatic carbocycles. The molecule has 6 heteroatoms. The molecule has 0 aromatic rings. The fraction of sp³-hybridized carbons (Fsp3) is 0.583. The Morgan fingerprint density at radius 1 is 1.33 bits per heavy atom. The van der Waals surface area contributed by atoms with Gasteiger partial charge < -0.3 is 10.1 Å². The fourth-order valence-corrected chi connectivity index (χ4v) is 1.63. The predicted octanol–water partition coefficient (Wildman–Crippen LogP) is 0.732. The molecule has 0 spiro atoms.